The van der Waals surface area contributed by atoms with E-state index in [4.69, 9.17) is 28.7 Å². The van der Waals surface area contributed by atoms with E-state index in [1.54, 1.807) is 18.7 Å². The number of esters is 1. The molecule has 2 unspecified atom stereocenters. The monoisotopic (exact) mass is 809 g/mol. The highest BCUT2D eigenvalue weighted by Crippen LogP contribution is 2.45. The number of unbranched alkanes of at least 4 members (excludes halogenated alkanes) is 1. The molecular weight excluding hydrogens is 743 g/mol. The van der Waals surface area contributed by atoms with E-state index in [0.717, 1.165) is 23.0 Å². The van der Waals surface area contributed by atoms with E-state index in [9.17, 15) is 24.3 Å². The Hall–Kier alpha value is -3.49. The maximum absolute atomic E-state index is 14.8. The van der Waals surface area contributed by atoms with E-state index >= 15 is 0 Å². The summed E-state index contributed by atoms with van der Waals surface area (Å²) in [6, 6.07) is 11.0. The fourth-order valence-electron chi connectivity index (χ4n) is 9.83. The number of methoxy groups -OCH3 is 1. The van der Waals surface area contributed by atoms with Crippen LogP contribution in [0, 0.1) is 23.7 Å². The van der Waals surface area contributed by atoms with Crippen molar-refractivity contribution in [1.29, 1.82) is 0 Å². The van der Waals surface area contributed by atoms with Crippen molar-refractivity contribution in [3.8, 4) is 0 Å². The highest BCUT2D eigenvalue weighted by atomic mass is 16.7. The maximum atomic E-state index is 14.8. The van der Waals surface area contributed by atoms with Gasteiger partial charge >= 0.3 is 12.1 Å². The second-order valence-electron chi connectivity index (χ2n) is 17.5. The van der Waals surface area contributed by atoms with Gasteiger partial charge in [0, 0.05) is 48.5 Å². The van der Waals surface area contributed by atoms with Crippen molar-refractivity contribution in [3.63, 3.8) is 0 Å². The lowest BCUT2D eigenvalue weighted by molar-refractivity contribution is -0.295. The maximum Gasteiger partial charge on any atom is 0.410 e. The minimum atomic E-state index is -1.35. The number of rotatable bonds is 11. The van der Waals surface area contributed by atoms with Crippen molar-refractivity contribution in [2.24, 2.45) is 23.7 Å². The Balaban J connectivity index is 1.48. The van der Waals surface area contributed by atoms with Crippen molar-refractivity contribution < 1.29 is 48.0 Å². The average molecular weight is 810 g/mol. The molecular formula is C45H67N3O10. The predicted molar refractivity (Wildman–Crippen MR) is 219 cm³/mol. The molecule has 3 saturated heterocycles. The number of aliphatic hydroxyl groups excluding tert-OH is 1. The number of hydrogen-bond donors (Lipinski definition) is 1. The molecule has 0 saturated carbocycles. The van der Waals surface area contributed by atoms with Crippen molar-refractivity contribution in [2.45, 2.75) is 154 Å². The van der Waals surface area contributed by atoms with Crippen LogP contribution >= 0.6 is 0 Å². The number of aliphatic hydroxyl groups is 1. The third-order valence-electron chi connectivity index (χ3n) is 13.2. The normalized spacial score (nSPS) is 36.8. The van der Waals surface area contributed by atoms with Crippen LogP contribution in [0.5, 0.6) is 0 Å². The zero-order valence-corrected chi connectivity index (χ0v) is 36.4. The van der Waals surface area contributed by atoms with E-state index in [2.05, 4.69) is 6.07 Å². The van der Waals surface area contributed by atoms with Crippen LogP contribution in [0.1, 0.15) is 99.6 Å². The van der Waals surface area contributed by atoms with Crippen LogP contribution in [0.2, 0.25) is 0 Å². The molecule has 1 amide bonds. The quantitative estimate of drug-likeness (QED) is 0.157. The smallest absolute Gasteiger partial charge is 0.410 e. The number of ketones is 2. The van der Waals surface area contributed by atoms with Gasteiger partial charge in [-0.25, -0.2) is 4.79 Å². The highest BCUT2D eigenvalue weighted by molar-refractivity contribution is 6.00. The molecule has 13 nitrogen and oxygen atoms in total. The van der Waals surface area contributed by atoms with Crippen LogP contribution < -0.4 is 0 Å². The number of para-hydroxylation sites is 1. The van der Waals surface area contributed by atoms with Gasteiger partial charge in [0.25, 0.3) is 0 Å². The molecule has 2 aromatic rings. The molecule has 0 spiro atoms. The molecule has 0 bridgehead atoms. The van der Waals surface area contributed by atoms with E-state index < -0.39 is 83.4 Å². The summed E-state index contributed by atoms with van der Waals surface area (Å²) in [7, 11) is 5.26. The molecule has 3 aliphatic rings. The lowest BCUT2D eigenvalue weighted by atomic mass is 9.72. The Morgan fingerprint density at radius 2 is 1.67 bits per heavy atom. The topological polar surface area (TPSA) is 154 Å². The van der Waals surface area contributed by atoms with Gasteiger partial charge in [-0.3, -0.25) is 19.4 Å². The minimum absolute atomic E-state index is 0.130. The van der Waals surface area contributed by atoms with Crippen molar-refractivity contribution in [1.82, 2.24) is 14.8 Å². The zero-order chi connectivity index (χ0) is 42.7. The molecule has 1 aromatic carbocycles. The number of hydrogen-bond acceptors (Lipinski definition) is 12. The molecule has 58 heavy (non-hydrogen) atoms. The lowest BCUT2D eigenvalue weighted by Crippen LogP contribution is -2.61. The second-order valence-corrected chi connectivity index (χ2v) is 17.5. The van der Waals surface area contributed by atoms with Crippen LogP contribution in [0.15, 0.2) is 36.4 Å². The number of ether oxygens (including phenoxy) is 5. The lowest BCUT2D eigenvalue weighted by Gasteiger charge is -2.47. The fraction of sp³-hybridized carbons (Fsp3) is 0.711. The number of aromatic nitrogens is 1. The molecule has 0 radical (unpaired) electrons. The van der Waals surface area contributed by atoms with E-state index in [-0.39, 0.29) is 37.2 Å². The number of pyridine rings is 1. The van der Waals surface area contributed by atoms with E-state index in [0.29, 0.717) is 25.8 Å². The Labute approximate surface area is 344 Å². The van der Waals surface area contributed by atoms with Gasteiger partial charge in [0.1, 0.15) is 23.9 Å². The van der Waals surface area contributed by atoms with Gasteiger partial charge in [-0.15, -0.1) is 0 Å². The van der Waals surface area contributed by atoms with Crippen LogP contribution in [-0.2, 0) is 44.5 Å². The van der Waals surface area contributed by atoms with Gasteiger partial charge in [-0.05, 0) is 91.9 Å². The molecule has 3 fully saturated rings. The molecule has 1 N–H and O–H groups in total. The third-order valence-corrected chi connectivity index (χ3v) is 13.2. The van der Waals surface area contributed by atoms with Crippen LogP contribution in [0.25, 0.3) is 10.9 Å². The van der Waals surface area contributed by atoms with Crippen LogP contribution in [0.3, 0.4) is 0 Å². The van der Waals surface area contributed by atoms with Crippen molar-refractivity contribution in [2.75, 3.05) is 27.7 Å². The van der Waals surface area contributed by atoms with Gasteiger partial charge in [0.2, 0.25) is 0 Å². The van der Waals surface area contributed by atoms with E-state index in [1.165, 1.54) is 14.0 Å². The summed E-state index contributed by atoms with van der Waals surface area (Å²) in [6.45, 7) is 14.6. The van der Waals surface area contributed by atoms with Gasteiger partial charge < -0.3 is 38.6 Å². The van der Waals surface area contributed by atoms with Gasteiger partial charge in [-0.1, -0.05) is 58.9 Å². The summed E-state index contributed by atoms with van der Waals surface area (Å²) in [6.07, 6.45) is -1.61. The number of nitrogens with zero attached hydrogens (tertiary/aromatic N) is 3. The molecule has 5 rings (SSSR count). The molecule has 0 aliphatic carbocycles. The number of carbonyl (C=O) groups is 4. The van der Waals surface area contributed by atoms with Gasteiger partial charge in [0.15, 0.2) is 17.7 Å². The van der Waals surface area contributed by atoms with Gasteiger partial charge in [-0.2, -0.15) is 0 Å². The molecule has 322 valence electrons. The number of amides is 1. The molecule has 13 heteroatoms. The zero-order valence-electron chi connectivity index (χ0n) is 36.4. The largest absolute Gasteiger partial charge is 0.457 e. The number of fused-ring (bicyclic) bond motifs is 2. The Morgan fingerprint density at radius 1 is 0.966 bits per heavy atom. The number of carbonyl (C=O) groups excluding carboxylic acids is 4. The van der Waals surface area contributed by atoms with E-state index in [1.807, 2.05) is 83.9 Å². The first-order valence-electron chi connectivity index (χ1n) is 21.3. The number of likely N-dealkylation sites (N-methyl/N-ethyl adjacent to an activating group) is 1. The molecule has 4 heterocycles. The minimum Gasteiger partial charge on any atom is -0.457 e. The summed E-state index contributed by atoms with van der Waals surface area (Å²) in [4.78, 5) is 65.6. The Bertz CT molecular complexity index is 1770. The first-order chi connectivity index (χ1) is 27.4. The SMILES string of the molecule is CC[C@H]1OC(=O)[C@H](C)C(=O)[C@H](C)[C@@H](OC2O[C@H](C)C[C@H](N(C)C)[C@H]2O)[C@@](C)(OC)C[C@@H](C)C(=O)C(C)[C@H]2N(CCCCc3ccc4ccccc4n3)C(=O)O[C@]12CC. The van der Waals surface area contributed by atoms with Crippen LogP contribution in [-0.4, -0.2) is 125 Å². The predicted octanol–water partition coefficient (Wildman–Crippen LogP) is 6.15. The molecule has 1 aromatic heterocycles. The van der Waals surface area contributed by atoms with Crippen LogP contribution in [0.4, 0.5) is 4.79 Å². The number of benzene rings is 1. The average Bonchev–Trinajstić information content (AvgIpc) is 3.50. The highest BCUT2D eigenvalue weighted by Gasteiger charge is 2.62. The van der Waals surface area contributed by atoms with Gasteiger partial charge in [0.05, 0.1) is 29.4 Å². The molecule has 13 atom stereocenters. The summed E-state index contributed by atoms with van der Waals surface area (Å²) < 4.78 is 31.5. The number of aryl methyl sites for hydroxylation is 1. The third kappa shape index (κ3) is 9.13. The summed E-state index contributed by atoms with van der Waals surface area (Å²) >= 11 is 0. The second kappa shape index (κ2) is 18.8. The molecule has 3 aliphatic heterocycles. The Morgan fingerprint density at radius 3 is 2.33 bits per heavy atom. The first kappa shape index (κ1) is 45.6. The Kier molecular flexibility index (Phi) is 14.8. The summed E-state index contributed by atoms with van der Waals surface area (Å²) in [5.74, 6) is -4.87. The standard InChI is InChI=1S/C45H67N3O10/c1-12-35-45(13-2)39(48(43(53)58-45)23-17-16-19-32-22-21-31-18-14-15-20-33(31)46-32)28(5)36(49)26(3)25-44(8,54-11)40(29(6)37(50)30(7)41(52)56-35)57-42-38(51)34(47(9)10)24-27(4)55-42/h14-15,18,20-22,26-30,34-35,38-40,42,51H,12-13,16-17,19,23-25H2,1-11H3/t26-,27-,28?,29+,30-,34+,35-,38-,39-,40-,42?,44+,45-/m1/s1. The van der Waals surface area contributed by atoms with Crippen molar-refractivity contribution >= 4 is 34.5 Å². The summed E-state index contributed by atoms with van der Waals surface area (Å²) in [5, 5.41) is 12.5. The number of cyclic esters (lactones) is 1. The van der Waals surface area contributed by atoms with Crippen molar-refractivity contribution in [3.05, 3.63) is 42.1 Å². The first-order valence-corrected chi connectivity index (χ1v) is 21.3. The number of Topliss-reactive ketones (excluding diaryl/α,β-unsaturated/α-hetero) is 2. The fourth-order valence-corrected chi connectivity index (χ4v) is 9.83. The summed E-state index contributed by atoms with van der Waals surface area (Å²) in [5.41, 5.74) is -0.727.